The Morgan fingerprint density at radius 2 is 1.92 bits per heavy atom. The number of carbonyl (C=O) groups excluding carboxylic acids is 1. The first-order chi connectivity index (χ1) is 12.3. The molecule has 1 saturated carbocycles. The van der Waals surface area contributed by atoms with Gasteiger partial charge < -0.3 is 10.2 Å². The smallest absolute Gasteiger partial charge is 0.227 e. The Morgan fingerprint density at radius 3 is 2.68 bits per heavy atom. The quantitative estimate of drug-likeness (QED) is 0.924. The summed E-state index contributed by atoms with van der Waals surface area (Å²) in [5.74, 6) is 1.55. The maximum Gasteiger partial charge on any atom is 0.227 e. The molecule has 1 aliphatic carbocycles. The minimum absolute atomic E-state index is 0.277. The summed E-state index contributed by atoms with van der Waals surface area (Å²) in [5.41, 5.74) is 2.00. The number of likely N-dealkylation sites (tertiary alicyclic amines) is 1. The zero-order valence-corrected chi connectivity index (χ0v) is 14.4. The molecule has 130 valence electrons. The Labute approximate surface area is 148 Å². The van der Waals surface area contributed by atoms with Gasteiger partial charge >= 0.3 is 0 Å². The lowest BCUT2D eigenvalue weighted by atomic mass is 9.83. The molecule has 1 atom stereocenters. The van der Waals surface area contributed by atoms with Gasteiger partial charge in [0.15, 0.2) is 0 Å². The zero-order valence-electron chi connectivity index (χ0n) is 14.4. The standard InChI is InChI=1S/C20H24N4O/c25-19(15-6-4-7-15)24-13-5-8-16(14-24)18-11-12-21-20(23-18)22-17-9-2-1-3-10-17/h1-3,9-12,15-16H,4-8,13-14H2,(H,21,22,23). The predicted molar refractivity (Wildman–Crippen MR) is 97.7 cm³/mol. The molecule has 2 aromatic rings. The number of aromatic nitrogens is 2. The Bertz CT molecular complexity index is 729. The monoisotopic (exact) mass is 336 g/mol. The summed E-state index contributed by atoms with van der Waals surface area (Å²) in [4.78, 5) is 23.6. The number of rotatable bonds is 4. The first-order valence-corrected chi connectivity index (χ1v) is 9.23. The number of hydrogen-bond donors (Lipinski definition) is 1. The lowest BCUT2D eigenvalue weighted by molar-refractivity contribution is -0.139. The molecule has 2 fully saturated rings. The third-order valence-electron chi connectivity index (χ3n) is 5.31. The van der Waals surface area contributed by atoms with E-state index in [0.717, 1.165) is 50.2 Å². The van der Waals surface area contributed by atoms with Crippen LogP contribution in [0.1, 0.15) is 43.7 Å². The summed E-state index contributed by atoms with van der Waals surface area (Å²) >= 11 is 0. The van der Waals surface area contributed by atoms with E-state index < -0.39 is 0 Å². The van der Waals surface area contributed by atoms with Crippen LogP contribution in [0.25, 0.3) is 0 Å². The number of carbonyl (C=O) groups is 1. The first-order valence-electron chi connectivity index (χ1n) is 9.23. The number of nitrogens with zero attached hydrogens (tertiary/aromatic N) is 3. The predicted octanol–water partition coefficient (Wildman–Crippen LogP) is 3.73. The van der Waals surface area contributed by atoms with Crippen molar-refractivity contribution in [1.82, 2.24) is 14.9 Å². The van der Waals surface area contributed by atoms with Crippen molar-refractivity contribution in [2.24, 2.45) is 5.92 Å². The zero-order chi connectivity index (χ0) is 17.1. The molecule has 1 saturated heterocycles. The van der Waals surface area contributed by atoms with Gasteiger partial charge in [-0.3, -0.25) is 4.79 Å². The highest BCUT2D eigenvalue weighted by Crippen LogP contribution is 2.32. The molecule has 1 N–H and O–H groups in total. The molecule has 0 spiro atoms. The molecule has 5 heteroatoms. The summed E-state index contributed by atoms with van der Waals surface area (Å²) in [6.45, 7) is 1.68. The Morgan fingerprint density at radius 1 is 1.08 bits per heavy atom. The lowest BCUT2D eigenvalue weighted by Crippen LogP contribution is -2.44. The van der Waals surface area contributed by atoms with Crippen molar-refractivity contribution in [3.8, 4) is 0 Å². The van der Waals surface area contributed by atoms with E-state index in [1.807, 2.05) is 36.4 Å². The van der Waals surface area contributed by atoms with Crippen LogP contribution in [-0.4, -0.2) is 33.9 Å². The molecule has 2 aliphatic rings. The average molecular weight is 336 g/mol. The molecule has 4 rings (SSSR count). The summed E-state index contributed by atoms with van der Waals surface area (Å²) < 4.78 is 0. The summed E-state index contributed by atoms with van der Waals surface area (Å²) in [7, 11) is 0. The fourth-order valence-corrected chi connectivity index (χ4v) is 3.64. The molecule has 1 amide bonds. The highest BCUT2D eigenvalue weighted by molar-refractivity contribution is 5.79. The van der Waals surface area contributed by atoms with Crippen molar-refractivity contribution in [2.45, 2.75) is 38.0 Å². The van der Waals surface area contributed by atoms with Gasteiger partial charge in [-0.25, -0.2) is 9.97 Å². The van der Waals surface area contributed by atoms with E-state index in [0.29, 0.717) is 17.8 Å². The van der Waals surface area contributed by atoms with E-state index in [9.17, 15) is 4.79 Å². The normalized spacial score (nSPS) is 20.8. The van der Waals surface area contributed by atoms with Crippen molar-refractivity contribution in [1.29, 1.82) is 0 Å². The van der Waals surface area contributed by atoms with Gasteiger partial charge in [0.1, 0.15) is 0 Å². The number of hydrogen-bond acceptors (Lipinski definition) is 4. The van der Waals surface area contributed by atoms with E-state index in [1.54, 1.807) is 6.20 Å². The molecule has 1 aliphatic heterocycles. The molecule has 5 nitrogen and oxygen atoms in total. The maximum absolute atomic E-state index is 12.5. The summed E-state index contributed by atoms with van der Waals surface area (Å²) in [6.07, 6.45) is 7.27. The third kappa shape index (κ3) is 3.65. The second-order valence-corrected chi connectivity index (χ2v) is 7.05. The molecule has 25 heavy (non-hydrogen) atoms. The van der Waals surface area contributed by atoms with E-state index in [1.165, 1.54) is 6.42 Å². The number of benzene rings is 1. The second-order valence-electron chi connectivity index (χ2n) is 7.05. The van der Waals surface area contributed by atoms with Crippen molar-refractivity contribution in [2.75, 3.05) is 18.4 Å². The molecular weight excluding hydrogens is 312 g/mol. The van der Waals surface area contributed by atoms with E-state index in [4.69, 9.17) is 4.98 Å². The molecular formula is C20H24N4O. The van der Waals surface area contributed by atoms with Gasteiger partial charge in [-0.2, -0.15) is 0 Å². The van der Waals surface area contributed by atoms with Crippen LogP contribution in [0.15, 0.2) is 42.6 Å². The second kappa shape index (κ2) is 7.21. The van der Waals surface area contributed by atoms with E-state index in [-0.39, 0.29) is 5.92 Å². The van der Waals surface area contributed by atoms with Crippen molar-refractivity contribution in [3.63, 3.8) is 0 Å². The molecule has 1 unspecified atom stereocenters. The number of anilines is 2. The van der Waals surface area contributed by atoms with Crippen molar-refractivity contribution in [3.05, 3.63) is 48.3 Å². The van der Waals surface area contributed by atoms with Gasteiger partial charge in [-0.15, -0.1) is 0 Å². The Hall–Kier alpha value is -2.43. The van der Waals surface area contributed by atoms with Gasteiger partial charge in [0, 0.05) is 36.8 Å². The number of nitrogens with one attached hydrogen (secondary N) is 1. The minimum atomic E-state index is 0.277. The number of amides is 1. The van der Waals surface area contributed by atoms with Gasteiger partial charge in [0.25, 0.3) is 0 Å². The molecule has 0 radical (unpaired) electrons. The van der Waals surface area contributed by atoms with Crippen molar-refractivity contribution >= 4 is 17.5 Å². The number of para-hydroxylation sites is 1. The Kier molecular flexibility index (Phi) is 4.63. The van der Waals surface area contributed by atoms with Gasteiger partial charge in [-0.05, 0) is 43.9 Å². The Balaban J connectivity index is 1.45. The fourth-order valence-electron chi connectivity index (χ4n) is 3.64. The molecule has 1 aromatic carbocycles. The van der Waals surface area contributed by atoms with Crippen LogP contribution >= 0.6 is 0 Å². The number of piperidine rings is 1. The third-order valence-corrected chi connectivity index (χ3v) is 5.31. The van der Waals surface area contributed by atoms with Gasteiger partial charge in [-0.1, -0.05) is 24.6 Å². The largest absolute Gasteiger partial charge is 0.342 e. The van der Waals surface area contributed by atoms with Crippen molar-refractivity contribution < 1.29 is 4.79 Å². The first kappa shape index (κ1) is 16.1. The fraction of sp³-hybridized carbons (Fsp3) is 0.450. The molecule has 0 bridgehead atoms. The molecule has 1 aromatic heterocycles. The van der Waals surface area contributed by atoms with Crippen LogP contribution in [0.3, 0.4) is 0 Å². The van der Waals surface area contributed by atoms with Crippen LogP contribution in [0.2, 0.25) is 0 Å². The summed E-state index contributed by atoms with van der Waals surface area (Å²) in [5, 5.41) is 3.25. The average Bonchev–Trinajstić information content (AvgIpc) is 2.61. The SMILES string of the molecule is O=C(C1CCC1)N1CCCC(c2ccnc(Nc3ccccc3)n2)C1. The summed E-state index contributed by atoms with van der Waals surface area (Å²) in [6, 6.07) is 11.9. The van der Waals surface area contributed by atoms with Crippen LogP contribution < -0.4 is 5.32 Å². The lowest BCUT2D eigenvalue weighted by Gasteiger charge is -2.37. The van der Waals surface area contributed by atoms with Gasteiger partial charge in [0.2, 0.25) is 11.9 Å². The van der Waals surface area contributed by atoms with Crippen LogP contribution in [0.5, 0.6) is 0 Å². The minimum Gasteiger partial charge on any atom is -0.342 e. The van der Waals surface area contributed by atoms with E-state index in [2.05, 4.69) is 15.2 Å². The van der Waals surface area contributed by atoms with E-state index >= 15 is 0 Å². The molecule has 2 heterocycles. The van der Waals surface area contributed by atoms with Gasteiger partial charge in [0.05, 0.1) is 5.69 Å². The highest BCUT2D eigenvalue weighted by atomic mass is 16.2. The maximum atomic E-state index is 12.5. The highest BCUT2D eigenvalue weighted by Gasteiger charge is 2.32. The topological polar surface area (TPSA) is 58.1 Å². The van der Waals surface area contributed by atoms with Crippen LogP contribution in [0, 0.1) is 5.92 Å². The van der Waals surface area contributed by atoms with Crippen LogP contribution in [-0.2, 0) is 4.79 Å². The van der Waals surface area contributed by atoms with Crippen LogP contribution in [0.4, 0.5) is 11.6 Å².